The van der Waals surface area contributed by atoms with Crippen molar-refractivity contribution in [1.29, 1.82) is 0 Å². The van der Waals surface area contributed by atoms with Crippen LogP contribution in [0.4, 0.5) is 0 Å². The Bertz CT molecular complexity index is 669. The zero-order chi connectivity index (χ0) is 15.9. The zero-order valence-electron chi connectivity index (χ0n) is 14.1. The number of aromatic nitrogens is 1. The van der Waals surface area contributed by atoms with E-state index in [0.29, 0.717) is 13.0 Å². The fourth-order valence-electron chi connectivity index (χ4n) is 2.72. The molecule has 4 nitrogen and oxygen atoms in total. The number of carbonyl (C=O) groups excluding carboxylic acids is 1. The predicted octanol–water partition coefficient (Wildman–Crippen LogP) is 3.89. The minimum absolute atomic E-state index is 0. The molecule has 2 N–H and O–H groups in total. The van der Waals surface area contributed by atoms with Gasteiger partial charge in [-0.2, -0.15) is 0 Å². The highest BCUT2D eigenvalue weighted by Gasteiger charge is 2.07. The number of nitrogens with zero attached hydrogens (tertiary/aromatic N) is 1. The number of hydrogen-bond donors (Lipinski definition) is 2. The highest BCUT2D eigenvalue weighted by atomic mass is 35.5. The van der Waals surface area contributed by atoms with E-state index in [1.807, 2.05) is 12.1 Å². The lowest BCUT2D eigenvalue weighted by atomic mass is 10.1. The van der Waals surface area contributed by atoms with Gasteiger partial charge in [0.15, 0.2) is 0 Å². The summed E-state index contributed by atoms with van der Waals surface area (Å²) in [4.78, 5) is 16.5. The molecular weight excluding hydrogens is 377 g/mol. The molecule has 0 atom stereocenters. The Labute approximate surface area is 165 Å². The monoisotopic (exact) mass is 401 g/mol. The van der Waals surface area contributed by atoms with E-state index in [4.69, 9.17) is 0 Å². The molecule has 2 heterocycles. The van der Waals surface area contributed by atoms with Crippen LogP contribution in [0.5, 0.6) is 0 Å². The third-order valence-electron chi connectivity index (χ3n) is 4.05. The Morgan fingerprint density at radius 2 is 2.08 bits per heavy atom. The molecule has 0 saturated carbocycles. The number of hydrogen-bond acceptors (Lipinski definition) is 4. The van der Waals surface area contributed by atoms with Crippen LogP contribution < -0.4 is 10.6 Å². The number of thiazole rings is 1. The summed E-state index contributed by atoms with van der Waals surface area (Å²) in [6, 6.07) is 8.23. The van der Waals surface area contributed by atoms with E-state index in [1.54, 1.807) is 11.3 Å². The molecule has 0 fully saturated rings. The lowest BCUT2D eigenvalue weighted by Gasteiger charge is -2.14. The summed E-state index contributed by atoms with van der Waals surface area (Å²) >= 11 is 1.76. The third kappa shape index (κ3) is 6.94. The molecule has 0 spiro atoms. The van der Waals surface area contributed by atoms with Gasteiger partial charge >= 0.3 is 0 Å². The minimum atomic E-state index is 0. The molecule has 0 saturated heterocycles. The average Bonchev–Trinajstić information content (AvgIpc) is 3.00. The molecule has 7 heteroatoms. The second-order valence-corrected chi connectivity index (χ2v) is 6.99. The van der Waals surface area contributed by atoms with Crippen molar-refractivity contribution >= 4 is 52.3 Å². The number of fused-ring (bicyclic) bond motifs is 1. The maximum absolute atomic E-state index is 11.9. The van der Waals surface area contributed by atoms with Crippen molar-refractivity contribution in [2.45, 2.75) is 32.1 Å². The van der Waals surface area contributed by atoms with Gasteiger partial charge in [0.25, 0.3) is 0 Å². The summed E-state index contributed by atoms with van der Waals surface area (Å²) in [6.45, 7) is 2.65. The second kappa shape index (κ2) is 11.5. The molecule has 3 rings (SSSR count). The number of carbonyl (C=O) groups is 1. The van der Waals surface area contributed by atoms with Gasteiger partial charge < -0.3 is 10.6 Å². The van der Waals surface area contributed by atoms with Crippen LogP contribution in [0.2, 0.25) is 0 Å². The first kappa shape index (κ1) is 21.9. The number of rotatable bonds is 7. The van der Waals surface area contributed by atoms with Gasteiger partial charge in [-0.25, -0.2) is 4.98 Å². The lowest BCUT2D eigenvalue weighted by Crippen LogP contribution is -2.29. The second-order valence-electron chi connectivity index (χ2n) is 5.88. The van der Waals surface area contributed by atoms with Gasteiger partial charge in [-0.1, -0.05) is 23.8 Å². The first-order valence-electron chi connectivity index (χ1n) is 8.31. The molecule has 25 heavy (non-hydrogen) atoms. The van der Waals surface area contributed by atoms with E-state index in [2.05, 4.69) is 33.8 Å². The number of amides is 1. The first-order valence-corrected chi connectivity index (χ1v) is 9.13. The van der Waals surface area contributed by atoms with Crippen molar-refractivity contribution in [1.82, 2.24) is 15.6 Å². The standard InChI is InChI=1S/C18H23N3OS.2ClH/c22-17(20-13-14-9-11-19-12-10-14)7-3-4-8-18-21-15-5-1-2-6-16(15)23-18;;/h1-2,5-6,9,19H,3-4,7-8,10-13H2,(H,20,22);2*1H. The molecule has 0 unspecified atom stereocenters. The highest BCUT2D eigenvalue weighted by molar-refractivity contribution is 7.18. The summed E-state index contributed by atoms with van der Waals surface area (Å²) in [5, 5.41) is 7.47. The van der Waals surface area contributed by atoms with Crippen LogP contribution in [0, 0.1) is 0 Å². The molecule has 1 amide bonds. The number of para-hydroxylation sites is 1. The maximum atomic E-state index is 11.9. The highest BCUT2D eigenvalue weighted by Crippen LogP contribution is 2.22. The largest absolute Gasteiger partial charge is 0.352 e. The van der Waals surface area contributed by atoms with Crippen LogP contribution >= 0.6 is 36.2 Å². The summed E-state index contributed by atoms with van der Waals surface area (Å²) in [6.07, 6.45) is 6.72. The summed E-state index contributed by atoms with van der Waals surface area (Å²) in [5.41, 5.74) is 2.42. The molecule has 0 aliphatic carbocycles. The van der Waals surface area contributed by atoms with Gasteiger partial charge in [0.05, 0.1) is 15.2 Å². The van der Waals surface area contributed by atoms with Crippen LogP contribution in [0.25, 0.3) is 10.2 Å². The number of halogens is 2. The summed E-state index contributed by atoms with van der Waals surface area (Å²) in [7, 11) is 0. The van der Waals surface area contributed by atoms with E-state index in [1.165, 1.54) is 15.3 Å². The van der Waals surface area contributed by atoms with Crippen LogP contribution in [0.1, 0.15) is 30.7 Å². The Kier molecular flexibility index (Phi) is 10.0. The van der Waals surface area contributed by atoms with E-state index in [0.717, 1.165) is 44.3 Å². The average molecular weight is 402 g/mol. The number of unbranched alkanes of at least 4 members (excludes halogenated alkanes) is 1. The summed E-state index contributed by atoms with van der Waals surface area (Å²) < 4.78 is 1.25. The van der Waals surface area contributed by atoms with E-state index in [9.17, 15) is 4.79 Å². The molecule has 1 aromatic carbocycles. The van der Waals surface area contributed by atoms with E-state index in [-0.39, 0.29) is 30.7 Å². The Hall–Kier alpha value is -1.14. The maximum Gasteiger partial charge on any atom is 0.220 e. The van der Waals surface area contributed by atoms with Gasteiger partial charge in [0.1, 0.15) is 0 Å². The van der Waals surface area contributed by atoms with Gasteiger partial charge in [0.2, 0.25) is 5.91 Å². The van der Waals surface area contributed by atoms with Crippen molar-refractivity contribution in [2.75, 3.05) is 19.6 Å². The van der Waals surface area contributed by atoms with E-state index < -0.39 is 0 Å². The number of benzene rings is 1. The first-order chi connectivity index (χ1) is 11.3. The minimum Gasteiger partial charge on any atom is -0.352 e. The quantitative estimate of drug-likeness (QED) is 0.546. The third-order valence-corrected chi connectivity index (χ3v) is 5.15. The number of aryl methyl sites for hydroxylation is 1. The number of nitrogens with one attached hydrogen (secondary N) is 2. The molecule has 2 aromatic rings. The molecule has 0 bridgehead atoms. The van der Waals surface area contributed by atoms with Gasteiger partial charge in [-0.3, -0.25) is 4.79 Å². The molecule has 1 aromatic heterocycles. The molecule has 1 aliphatic rings. The molecule has 138 valence electrons. The fraction of sp³-hybridized carbons (Fsp3) is 0.444. The van der Waals surface area contributed by atoms with Crippen LogP contribution in [-0.4, -0.2) is 30.5 Å². The Morgan fingerprint density at radius 3 is 2.84 bits per heavy atom. The molecular formula is C18H25Cl2N3OS. The van der Waals surface area contributed by atoms with Crippen molar-refractivity contribution in [3.8, 4) is 0 Å². The van der Waals surface area contributed by atoms with Crippen molar-refractivity contribution < 1.29 is 4.79 Å². The molecule has 1 aliphatic heterocycles. The van der Waals surface area contributed by atoms with E-state index >= 15 is 0 Å². The normalized spacial score (nSPS) is 13.5. The predicted molar refractivity (Wildman–Crippen MR) is 110 cm³/mol. The SMILES string of the molecule is Cl.Cl.O=C(CCCCc1nc2ccccc2s1)NCC1=CCNCC1. The van der Waals surface area contributed by atoms with Crippen LogP contribution in [0.3, 0.4) is 0 Å². The van der Waals surface area contributed by atoms with Crippen LogP contribution in [-0.2, 0) is 11.2 Å². The van der Waals surface area contributed by atoms with Crippen LogP contribution in [0.15, 0.2) is 35.9 Å². The topological polar surface area (TPSA) is 54.0 Å². The van der Waals surface area contributed by atoms with Gasteiger partial charge in [0, 0.05) is 19.5 Å². The molecule has 0 radical (unpaired) electrons. The van der Waals surface area contributed by atoms with Crippen molar-refractivity contribution in [2.24, 2.45) is 0 Å². The zero-order valence-corrected chi connectivity index (χ0v) is 16.6. The summed E-state index contributed by atoms with van der Waals surface area (Å²) in [5.74, 6) is 0.161. The smallest absolute Gasteiger partial charge is 0.220 e. The Balaban J connectivity index is 0.00000156. The lowest BCUT2D eigenvalue weighted by molar-refractivity contribution is -0.121. The van der Waals surface area contributed by atoms with Crippen molar-refractivity contribution in [3.63, 3.8) is 0 Å². The van der Waals surface area contributed by atoms with Gasteiger partial charge in [-0.15, -0.1) is 36.2 Å². The fourth-order valence-corrected chi connectivity index (χ4v) is 3.73. The van der Waals surface area contributed by atoms with Crippen molar-refractivity contribution in [3.05, 3.63) is 40.9 Å². The Morgan fingerprint density at radius 1 is 1.24 bits per heavy atom. The van der Waals surface area contributed by atoms with Gasteiger partial charge in [-0.05, 0) is 44.4 Å².